The van der Waals surface area contributed by atoms with Gasteiger partial charge in [0.25, 0.3) is 0 Å². The van der Waals surface area contributed by atoms with Crippen LogP contribution in [0.1, 0.15) is 10.6 Å². The molecule has 0 aliphatic carbocycles. The average molecular weight is 294 g/mol. The number of furan rings is 1. The first kappa shape index (κ1) is 12.0. The molecule has 0 atom stereocenters. The molecule has 21 heavy (non-hydrogen) atoms. The van der Waals surface area contributed by atoms with Gasteiger partial charge in [0, 0.05) is 0 Å². The topological polar surface area (TPSA) is 56.2 Å². The third-order valence-electron chi connectivity index (χ3n) is 2.97. The van der Waals surface area contributed by atoms with Crippen LogP contribution in [0.2, 0.25) is 0 Å². The Morgan fingerprint density at radius 2 is 1.90 bits per heavy atom. The standard InChI is InChI=1S/C15H10N4OS/c1-2-5-11(6-3-1)8-9-13-18-19-14(12-7-4-10-20-12)16-17-15(19)21-13/h1-10H. The second-order valence-corrected chi connectivity index (χ2v) is 5.37. The zero-order valence-electron chi connectivity index (χ0n) is 10.9. The fourth-order valence-electron chi connectivity index (χ4n) is 1.99. The molecule has 0 amide bonds. The van der Waals surface area contributed by atoms with E-state index in [0.29, 0.717) is 11.6 Å². The third kappa shape index (κ3) is 2.25. The lowest BCUT2D eigenvalue weighted by atomic mass is 10.2. The molecule has 0 bridgehead atoms. The van der Waals surface area contributed by atoms with Crippen LogP contribution in [0.4, 0.5) is 0 Å². The normalized spacial score (nSPS) is 11.6. The van der Waals surface area contributed by atoms with E-state index < -0.39 is 0 Å². The predicted octanol–water partition coefficient (Wildman–Crippen LogP) is 3.62. The van der Waals surface area contributed by atoms with Crippen LogP contribution in [0.5, 0.6) is 0 Å². The Balaban J connectivity index is 1.70. The maximum atomic E-state index is 5.35. The highest BCUT2D eigenvalue weighted by Gasteiger charge is 2.13. The minimum atomic E-state index is 0.616. The summed E-state index contributed by atoms with van der Waals surface area (Å²) in [5.74, 6) is 1.28. The lowest BCUT2D eigenvalue weighted by Crippen LogP contribution is -1.88. The van der Waals surface area contributed by atoms with Gasteiger partial charge in [-0.2, -0.15) is 9.61 Å². The van der Waals surface area contributed by atoms with E-state index in [1.165, 1.54) is 11.3 Å². The van der Waals surface area contributed by atoms with Crippen LogP contribution in [-0.4, -0.2) is 19.8 Å². The molecule has 1 aromatic carbocycles. The van der Waals surface area contributed by atoms with Gasteiger partial charge in [-0.15, -0.1) is 10.2 Å². The van der Waals surface area contributed by atoms with Gasteiger partial charge in [0.1, 0.15) is 5.01 Å². The maximum Gasteiger partial charge on any atom is 0.235 e. The van der Waals surface area contributed by atoms with Crippen molar-refractivity contribution < 1.29 is 4.42 Å². The quantitative estimate of drug-likeness (QED) is 0.579. The molecule has 0 unspecified atom stereocenters. The minimum Gasteiger partial charge on any atom is -0.461 e. The number of fused-ring (bicyclic) bond motifs is 1. The Hall–Kier alpha value is -2.73. The molecule has 0 spiro atoms. The highest BCUT2D eigenvalue weighted by Crippen LogP contribution is 2.22. The number of aromatic nitrogens is 4. The first-order valence-corrected chi connectivity index (χ1v) is 7.21. The summed E-state index contributed by atoms with van der Waals surface area (Å²) in [6, 6.07) is 13.8. The summed E-state index contributed by atoms with van der Waals surface area (Å²) in [7, 11) is 0. The molecule has 4 aromatic rings. The summed E-state index contributed by atoms with van der Waals surface area (Å²) in [5, 5.41) is 13.6. The average Bonchev–Trinajstić information content (AvgIpc) is 3.22. The summed E-state index contributed by atoms with van der Waals surface area (Å²) in [6.45, 7) is 0. The second kappa shape index (κ2) is 4.99. The SMILES string of the molecule is C(=Cc1nn2c(-c3ccco3)nnc2s1)c1ccccc1. The maximum absolute atomic E-state index is 5.35. The second-order valence-electron chi connectivity index (χ2n) is 4.38. The molecule has 3 aromatic heterocycles. The zero-order valence-corrected chi connectivity index (χ0v) is 11.7. The minimum absolute atomic E-state index is 0.616. The van der Waals surface area contributed by atoms with E-state index in [1.54, 1.807) is 10.8 Å². The summed E-state index contributed by atoms with van der Waals surface area (Å²) < 4.78 is 7.05. The van der Waals surface area contributed by atoms with E-state index in [0.717, 1.165) is 15.5 Å². The molecule has 0 aliphatic rings. The zero-order chi connectivity index (χ0) is 14.1. The van der Waals surface area contributed by atoms with Crippen molar-refractivity contribution in [3.8, 4) is 11.6 Å². The highest BCUT2D eigenvalue weighted by atomic mass is 32.1. The van der Waals surface area contributed by atoms with Crippen LogP contribution in [0, 0.1) is 0 Å². The Kier molecular flexibility index (Phi) is 2.86. The molecule has 4 rings (SSSR count). The molecule has 3 heterocycles. The molecule has 6 heteroatoms. The van der Waals surface area contributed by atoms with Gasteiger partial charge in [0.2, 0.25) is 10.8 Å². The van der Waals surface area contributed by atoms with E-state index in [1.807, 2.05) is 54.6 Å². The molecular formula is C15H10N4OS. The van der Waals surface area contributed by atoms with E-state index in [-0.39, 0.29) is 0 Å². The highest BCUT2D eigenvalue weighted by molar-refractivity contribution is 7.17. The number of benzene rings is 1. The van der Waals surface area contributed by atoms with E-state index in [2.05, 4.69) is 15.3 Å². The van der Waals surface area contributed by atoms with Crippen molar-refractivity contribution >= 4 is 28.4 Å². The monoisotopic (exact) mass is 294 g/mol. The van der Waals surface area contributed by atoms with Crippen LogP contribution in [0.3, 0.4) is 0 Å². The first-order chi connectivity index (χ1) is 10.4. The number of hydrogen-bond acceptors (Lipinski definition) is 5. The van der Waals surface area contributed by atoms with Crippen molar-refractivity contribution in [3.05, 3.63) is 59.3 Å². The third-order valence-corrected chi connectivity index (χ3v) is 3.83. The molecule has 102 valence electrons. The van der Waals surface area contributed by atoms with Gasteiger partial charge in [0.15, 0.2) is 5.76 Å². The Morgan fingerprint density at radius 3 is 2.71 bits per heavy atom. The molecule has 0 radical (unpaired) electrons. The van der Waals surface area contributed by atoms with Gasteiger partial charge in [-0.05, 0) is 23.8 Å². The Bertz CT molecular complexity index is 890. The number of nitrogens with zero attached hydrogens (tertiary/aromatic N) is 4. The summed E-state index contributed by atoms with van der Waals surface area (Å²) in [5.41, 5.74) is 1.13. The smallest absolute Gasteiger partial charge is 0.235 e. The van der Waals surface area contributed by atoms with Gasteiger partial charge in [-0.25, -0.2) is 0 Å². The van der Waals surface area contributed by atoms with E-state index in [4.69, 9.17) is 4.42 Å². The van der Waals surface area contributed by atoms with E-state index in [9.17, 15) is 0 Å². The van der Waals surface area contributed by atoms with Crippen molar-refractivity contribution in [2.24, 2.45) is 0 Å². The van der Waals surface area contributed by atoms with E-state index >= 15 is 0 Å². The van der Waals surface area contributed by atoms with Gasteiger partial charge in [0.05, 0.1) is 6.26 Å². The fraction of sp³-hybridized carbons (Fsp3) is 0. The van der Waals surface area contributed by atoms with Crippen molar-refractivity contribution in [1.82, 2.24) is 19.8 Å². The van der Waals surface area contributed by atoms with Crippen LogP contribution in [0.25, 0.3) is 28.7 Å². The van der Waals surface area contributed by atoms with Crippen LogP contribution in [0.15, 0.2) is 53.1 Å². The molecule has 5 nitrogen and oxygen atoms in total. The first-order valence-electron chi connectivity index (χ1n) is 6.39. The van der Waals surface area contributed by atoms with Gasteiger partial charge >= 0.3 is 0 Å². The van der Waals surface area contributed by atoms with Crippen molar-refractivity contribution in [1.29, 1.82) is 0 Å². The molecule has 0 saturated heterocycles. The molecule has 0 fully saturated rings. The summed E-state index contributed by atoms with van der Waals surface area (Å²) in [4.78, 5) is 0.745. The van der Waals surface area contributed by atoms with Crippen LogP contribution >= 0.6 is 11.3 Å². The summed E-state index contributed by atoms with van der Waals surface area (Å²) >= 11 is 1.48. The largest absolute Gasteiger partial charge is 0.461 e. The van der Waals surface area contributed by atoms with Crippen LogP contribution in [-0.2, 0) is 0 Å². The Labute approximate surface area is 124 Å². The van der Waals surface area contributed by atoms with Gasteiger partial charge in [-0.1, -0.05) is 47.7 Å². The van der Waals surface area contributed by atoms with Crippen molar-refractivity contribution in [2.75, 3.05) is 0 Å². The van der Waals surface area contributed by atoms with Gasteiger partial charge < -0.3 is 4.42 Å². The Morgan fingerprint density at radius 1 is 1.00 bits per heavy atom. The lowest BCUT2D eigenvalue weighted by molar-refractivity contribution is 0.575. The van der Waals surface area contributed by atoms with Crippen LogP contribution < -0.4 is 0 Å². The van der Waals surface area contributed by atoms with Crippen molar-refractivity contribution in [3.63, 3.8) is 0 Å². The van der Waals surface area contributed by atoms with Crippen molar-refractivity contribution in [2.45, 2.75) is 0 Å². The fourth-order valence-corrected chi connectivity index (χ4v) is 2.73. The molecule has 0 saturated carbocycles. The molecule has 0 aliphatic heterocycles. The number of rotatable bonds is 3. The predicted molar refractivity (Wildman–Crippen MR) is 81.7 cm³/mol. The molecular weight excluding hydrogens is 284 g/mol. The number of hydrogen-bond donors (Lipinski definition) is 0. The van der Waals surface area contributed by atoms with Gasteiger partial charge in [-0.3, -0.25) is 0 Å². The molecule has 0 N–H and O–H groups in total. The summed E-state index contributed by atoms with van der Waals surface area (Å²) in [6.07, 6.45) is 5.61. The lowest BCUT2D eigenvalue weighted by Gasteiger charge is -1.90.